The van der Waals surface area contributed by atoms with Crippen molar-refractivity contribution in [2.45, 2.75) is 19.4 Å². The molecule has 0 radical (unpaired) electrons. The predicted molar refractivity (Wildman–Crippen MR) is 93.9 cm³/mol. The lowest BCUT2D eigenvalue weighted by molar-refractivity contribution is 0.199. The van der Waals surface area contributed by atoms with Crippen LogP contribution in [-0.4, -0.2) is 20.1 Å². The Morgan fingerprint density at radius 1 is 1.56 bits per heavy atom. The molecule has 8 heteroatoms. The van der Waals surface area contributed by atoms with Crippen LogP contribution in [0.4, 0.5) is 10.1 Å². The van der Waals surface area contributed by atoms with E-state index in [0.29, 0.717) is 23.4 Å². The maximum atomic E-state index is 13.4. The molecule has 1 heterocycles. The zero-order valence-electron chi connectivity index (χ0n) is 13.7. The van der Waals surface area contributed by atoms with Crippen molar-refractivity contribution in [1.29, 1.82) is 10.7 Å². The van der Waals surface area contributed by atoms with Gasteiger partial charge in [0.05, 0.1) is 6.10 Å². The molecule has 0 unspecified atom stereocenters. The summed E-state index contributed by atoms with van der Waals surface area (Å²) in [7, 11) is 1.71. The first-order valence-electron chi connectivity index (χ1n) is 7.42. The monoisotopic (exact) mass is 361 g/mol. The van der Waals surface area contributed by atoms with Crippen LogP contribution in [0.3, 0.4) is 0 Å². The molecule has 0 amide bonds. The van der Waals surface area contributed by atoms with Crippen molar-refractivity contribution >= 4 is 22.5 Å². The molecular formula is C17H17ClFN5O. The van der Waals surface area contributed by atoms with Crippen molar-refractivity contribution in [3.8, 4) is 6.07 Å². The number of aromatic nitrogens is 2. The molecule has 0 saturated carbocycles. The van der Waals surface area contributed by atoms with Gasteiger partial charge in [-0.1, -0.05) is 11.6 Å². The van der Waals surface area contributed by atoms with Crippen LogP contribution in [-0.2, 0) is 13.5 Å². The van der Waals surface area contributed by atoms with Crippen molar-refractivity contribution in [1.82, 2.24) is 9.78 Å². The van der Waals surface area contributed by atoms with Crippen LogP contribution in [0.25, 0.3) is 0 Å². The van der Waals surface area contributed by atoms with E-state index >= 15 is 0 Å². The van der Waals surface area contributed by atoms with Crippen LogP contribution in [0.5, 0.6) is 0 Å². The molecule has 0 saturated heterocycles. The predicted octanol–water partition coefficient (Wildman–Crippen LogP) is 3.24. The van der Waals surface area contributed by atoms with Gasteiger partial charge in [0, 0.05) is 36.1 Å². The van der Waals surface area contributed by atoms with E-state index in [4.69, 9.17) is 22.3 Å². The standard InChI is InChI=1S/C17H17ClFN5O/c1-10(25)15-5-11(19)3-4-16(15)22-12(8-17(18)21)6-14-7-13(9-20)23-24(14)2/h3-5,7-8,10,21-22,25H,6H2,1-2H3/b12-8-,21-17?/t10-/m1/s1. The van der Waals surface area contributed by atoms with Gasteiger partial charge in [-0.25, -0.2) is 4.39 Å². The zero-order valence-corrected chi connectivity index (χ0v) is 14.5. The molecule has 25 heavy (non-hydrogen) atoms. The summed E-state index contributed by atoms with van der Waals surface area (Å²) in [5, 5.41) is 33.2. The Labute approximate surface area is 149 Å². The highest BCUT2D eigenvalue weighted by molar-refractivity contribution is 6.67. The molecule has 2 rings (SSSR count). The van der Waals surface area contributed by atoms with E-state index in [2.05, 4.69) is 10.4 Å². The van der Waals surface area contributed by atoms with Gasteiger partial charge in [-0.15, -0.1) is 0 Å². The van der Waals surface area contributed by atoms with E-state index in [9.17, 15) is 9.50 Å². The van der Waals surface area contributed by atoms with Gasteiger partial charge in [-0.05, 0) is 37.3 Å². The van der Waals surface area contributed by atoms with Gasteiger partial charge in [0.1, 0.15) is 17.1 Å². The van der Waals surface area contributed by atoms with E-state index in [1.54, 1.807) is 17.8 Å². The second-order valence-corrected chi connectivity index (χ2v) is 5.89. The number of aliphatic hydroxyl groups excluding tert-OH is 1. The number of nitriles is 1. The van der Waals surface area contributed by atoms with Gasteiger partial charge in [-0.2, -0.15) is 10.4 Å². The third-order valence-electron chi connectivity index (χ3n) is 3.52. The molecule has 3 N–H and O–H groups in total. The van der Waals surface area contributed by atoms with Crippen molar-refractivity contribution in [3.05, 3.63) is 58.8 Å². The highest BCUT2D eigenvalue weighted by Crippen LogP contribution is 2.26. The van der Waals surface area contributed by atoms with Gasteiger partial charge in [0.15, 0.2) is 5.69 Å². The topological polar surface area (TPSA) is 97.7 Å². The number of rotatable bonds is 6. The van der Waals surface area contributed by atoms with E-state index in [1.807, 2.05) is 6.07 Å². The van der Waals surface area contributed by atoms with Crippen molar-refractivity contribution < 1.29 is 9.50 Å². The number of hydrogen-bond donors (Lipinski definition) is 3. The third kappa shape index (κ3) is 4.89. The number of allylic oxidation sites excluding steroid dienone is 2. The minimum Gasteiger partial charge on any atom is -0.389 e. The Bertz CT molecular complexity index is 866. The van der Waals surface area contributed by atoms with Crippen LogP contribution >= 0.6 is 11.6 Å². The Morgan fingerprint density at radius 2 is 2.28 bits per heavy atom. The van der Waals surface area contributed by atoms with Gasteiger partial charge in [0.2, 0.25) is 0 Å². The minimum absolute atomic E-state index is 0.189. The molecule has 0 aliphatic heterocycles. The number of hydrogen-bond acceptors (Lipinski definition) is 5. The molecular weight excluding hydrogens is 345 g/mol. The van der Waals surface area contributed by atoms with E-state index in [1.165, 1.54) is 31.2 Å². The largest absolute Gasteiger partial charge is 0.389 e. The number of benzene rings is 1. The van der Waals surface area contributed by atoms with Gasteiger partial charge < -0.3 is 10.4 Å². The molecule has 0 aliphatic rings. The van der Waals surface area contributed by atoms with Crippen LogP contribution in [0.15, 0.2) is 36.0 Å². The fraction of sp³-hybridized carbons (Fsp3) is 0.235. The van der Waals surface area contributed by atoms with Crippen LogP contribution in [0.2, 0.25) is 0 Å². The quantitative estimate of drug-likeness (QED) is 0.688. The molecule has 2 aromatic rings. The molecule has 1 aromatic carbocycles. The summed E-state index contributed by atoms with van der Waals surface area (Å²) in [6, 6.07) is 7.62. The molecule has 0 aliphatic carbocycles. The average molecular weight is 362 g/mol. The molecule has 0 bridgehead atoms. The Kier molecular flexibility index (Phi) is 5.91. The van der Waals surface area contributed by atoms with Crippen molar-refractivity contribution in [3.63, 3.8) is 0 Å². The van der Waals surface area contributed by atoms with Crippen LogP contribution < -0.4 is 5.32 Å². The smallest absolute Gasteiger partial charge is 0.162 e. The zero-order chi connectivity index (χ0) is 18.6. The normalized spacial score (nSPS) is 12.6. The molecule has 130 valence electrons. The Balaban J connectivity index is 2.35. The summed E-state index contributed by atoms with van der Waals surface area (Å²) in [5.74, 6) is -0.456. The second kappa shape index (κ2) is 7.92. The highest BCUT2D eigenvalue weighted by Gasteiger charge is 2.13. The highest BCUT2D eigenvalue weighted by atomic mass is 35.5. The first kappa shape index (κ1) is 18.6. The minimum atomic E-state index is -0.878. The molecule has 0 spiro atoms. The molecule has 1 atom stereocenters. The van der Waals surface area contributed by atoms with Gasteiger partial charge in [-0.3, -0.25) is 10.1 Å². The fourth-order valence-corrected chi connectivity index (χ4v) is 2.50. The van der Waals surface area contributed by atoms with Crippen molar-refractivity contribution in [2.24, 2.45) is 7.05 Å². The number of aryl methyl sites for hydroxylation is 1. The lowest BCUT2D eigenvalue weighted by atomic mass is 10.1. The van der Waals surface area contributed by atoms with E-state index < -0.39 is 11.9 Å². The first-order valence-corrected chi connectivity index (χ1v) is 7.80. The number of aliphatic hydroxyl groups is 1. The van der Waals surface area contributed by atoms with E-state index in [0.717, 1.165) is 5.69 Å². The van der Waals surface area contributed by atoms with Crippen molar-refractivity contribution in [2.75, 3.05) is 5.32 Å². The molecule has 1 aromatic heterocycles. The summed E-state index contributed by atoms with van der Waals surface area (Å²) in [4.78, 5) is 0. The molecule has 6 nitrogen and oxygen atoms in total. The summed E-state index contributed by atoms with van der Waals surface area (Å²) in [6.45, 7) is 1.53. The second-order valence-electron chi connectivity index (χ2n) is 5.48. The maximum absolute atomic E-state index is 13.4. The summed E-state index contributed by atoms with van der Waals surface area (Å²) in [6.07, 6.45) is 0.851. The van der Waals surface area contributed by atoms with Crippen LogP contribution in [0, 0.1) is 22.6 Å². The fourth-order valence-electron chi connectivity index (χ4n) is 2.37. The summed E-state index contributed by atoms with van der Waals surface area (Å²) < 4.78 is 15.0. The number of halogens is 2. The number of nitrogens with zero attached hydrogens (tertiary/aromatic N) is 3. The number of nitrogens with one attached hydrogen (secondary N) is 2. The maximum Gasteiger partial charge on any atom is 0.162 e. The molecule has 0 fully saturated rings. The number of anilines is 1. The summed E-state index contributed by atoms with van der Waals surface area (Å²) in [5.41, 5.74) is 2.44. The Hall–Kier alpha value is -2.69. The van der Waals surface area contributed by atoms with Crippen LogP contribution in [0.1, 0.15) is 30.0 Å². The van der Waals surface area contributed by atoms with Gasteiger partial charge >= 0.3 is 0 Å². The Morgan fingerprint density at radius 3 is 2.84 bits per heavy atom. The summed E-state index contributed by atoms with van der Waals surface area (Å²) >= 11 is 5.69. The van der Waals surface area contributed by atoms with Gasteiger partial charge in [0.25, 0.3) is 0 Å². The SMILES string of the molecule is C[C@@H](O)c1cc(F)ccc1N/C(=C\C(=N)Cl)Cc1cc(C#N)nn1C. The van der Waals surface area contributed by atoms with E-state index in [-0.39, 0.29) is 10.9 Å². The average Bonchev–Trinajstić information content (AvgIpc) is 2.88. The lowest BCUT2D eigenvalue weighted by Crippen LogP contribution is -2.10. The lowest BCUT2D eigenvalue weighted by Gasteiger charge is -2.17. The first-order chi connectivity index (χ1) is 11.8. The third-order valence-corrected chi connectivity index (χ3v) is 3.63.